The van der Waals surface area contributed by atoms with Crippen molar-refractivity contribution < 1.29 is 0 Å². The maximum atomic E-state index is 2.48. The third kappa shape index (κ3) is 3.67. The molecule has 2 heterocycles. The molecule has 0 radical (unpaired) electrons. The van der Waals surface area contributed by atoms with Crippen molar-refractivity contribution in [3.8, 4) is 39.1 Å². The summed E-state index contributed by atoms with van der Waals surface area (Å²) < 4.78 is 5.26. The van der Waals surface area contributed by atoms with E-state index in [2.05, 4.69) is 156 Å². The highest BCUT2D eigenvalue weighted by Crippen LogP contribution is 2.49. The predicted molar refractivity (Wildman–Crippen MR) is 193 cm³/mol. The first-order valence-electron chi connectivity index (χ1n) is 15.6. The molecule has 210 valence electrons. The number of thiophene rings is 1. The minimum absolute atomic E-state index is 1.02. The lowest BCUT2D eigenvalue weighted by atomic mass is 9.98. The molecule has 1 aliphatic rings. The summed E-state index contributed by atoms with van der Waals surface area (Å²) in [4.78, 5) is 0. The Morgan fingerprint density at radius 3 is 1.87 bits per heavy atom. The van der Waals surface area contributed by atoms with Crippen molar-refractivity contribution in [3.63, 3.8) is 0 Å². The van der Waals surface area contributed by atoms with Crippen molar-refractivity contribution in [1.29, 1.82) is 0 Å². The van der Waals surface area contributed by atoms with E-state index in [1.165, 1.54) is 92.2 Å². The van der Waals surface area contributed by atoms with Crippen molar-refractivity contribution in [1.82, 2.24) is 4.57 Å². The number of aromatic nitrogens is 1. The van der Waals surface area contributed by atoms with Crippen LogP contribution in [0, 0.1) is 0 Å². The standard InChI is InChI=1S/C43H27NS/c1-3-11-27(12-4-1)31-24-32(28-13-5-2-6-14-28)26-33(25-31)44-38-18-10-9-17-37(38)41-39(44)22-21-36-35-20-19-30-23-29-15-7-8-16-34(29)40(30)42(35)45-43(36)41/h1-22,24-26H,23H2. The van der Waals surface area contributed by atoms with E-state index in [4.69, 9.17) is 0 Å². The average molecular weight is 590 g/mol. The monoisotopic (exact) mass is 589 g/mol. The van der Waals surface area contributed by atoms with Gasteiger partial charge in [0, 0.05) is 42.2 Å². The predicted octanol–water partition coefficient (Wildman–Crippen LogP) is 12.1. The van der Waals surface area contributed by atoms with Crippen LogP contribution in [-0.2, 0) is 6.42 Å². The Hall–Kier alpha value is -5.44. The van der Waals surface area contributed by atoms with Crippen LogP contribution in [0.5, 0.6) is 0 Å². The zero-order valence-corrected chi connectivity index (χ0v) is 25.3. The van der Waals surface area contributed by atoms with E-state index < -0.39 is 0 Å². The fourth-order valence-electron chi connectivity index (χ4n) is 7.57. The van der Waals surface area contributed by atoms with Gasteiger partial charge in [-0.15, -0.1) is 11.3 Å². The Morgan fingerprint density at radius 2 is 1.09 bits per heavy atom. The minimum Gasteiger partial charge on any atom is -0.309 e. The molecule has 0 spiro atoms. The van der Waals surface area contributed by atoms with Gasteiger partial charge in [0.2, 0.25) is 0 Å². The van der Waals surface area contributed by atoms with Crippen molar-refractivity contribution >= 4 is 53.3 Å². The maximum absolute atomic E-state index is 2.48. The van der Waals surface area contributed by atoms with E-state index >= 15 is 0 Å². The molecule has 7 aromatic carbocycles. The lowest BCUT2D eigenvalue weighted by Crippen LogP contribution is -1.96. The van der Waals surface area contributed by atoms with Crippen LogP contribution in [-0.4, -0.2) is 4.57 Å². The number of para-hydroxylation sites is 1. The van der Waals surface area contributed by atoms with Gasteiger partial charge >= 0.3 is 0 Å². The zero-order chi connectivity index (χ0) is 29.5. The molecule has 0 unspecified atom stereocenters. The number of rotatable bonds is 3. The van der Waals surface area contributed by atoms with Gasteiger partial charge in [-0.05, 0) is 75.7 Å². The van der Waals surface area contributed by atoms with Crippen molar-refractivity contribution in [2.75, 3.05) is 0 Å². The SMILES string of the molecule is c1ccc(-c2cc(-c3ccccc3)cc(-n3c4ccccc4c4c5sc6c7c(ccc6c5ccc43)Cc3ccccc3-7)c2)cc1. The van der Waals surface area contributed by atoms with Gasteiger partial charge in [-0.2, -0.15) is 0 Å². The Balaban J connectivity index is 1.29. The Labute approximate surface area is 265 Å². The normalized spacial score (nSPS) is 12.4. The Bertz CT molecular complexity index is 2550. The fraction of sp³-hybridized carbons (Fsp3) is 0.0233. The zero-order valence-electron chi connectivity index (χ0n) is 24.5. The summed E-state index contributed by atoms with van der Waals surface area (Å²) in [5, 5.41) is 5.35. The molecule has 2 heteroatoms. The molecule has 0 atom stereocenters. The van der Waals surface area contributed by atoms with E-state index in [0.717, 1.165) is 6.42 Å². The van der Waals surface area contributed by atoms with Crippen LogP contribution < -0.4 is 0 Å². The molecule has 0 saturated carbocycles. The van der Waals surface area contributed by atoms with Gasteiger partial charge < -0.3 is 4.57 Å². The molecule has 1 nitrogen and oxygen atoms in total. The molecule has 0 amide bonds. The van der Waals surface area contributed by atoms with Crippen molar-refractivity contribution in [2.45, 2.75) is 6.42 Å². The van der Waals surface area contributed by atoms with Crippen LogP contribution in [0.2, 0.25) is 0 Å². The first-order valence-corrected chi connectivity index (χ1v) is 16.4. The molecule has 0 saturated heterocycles. The number of hydrogen-bond donors (Lipinski definition) is 0. The molecule has 0 N–H and O–H groups in total. The fourth-order valence-corrected chi connectivity index (χ4v) is 9.01. The van der Waals surface area contributed by atoms with Crippen LogP contribution >= 0.6 is 11.3 Å². The molecule has 10 rings (SSSR count). The van der Waals surface area contributed by atoms with Gasteiger partial charge in [0.1, 0.15) is 0 Å². The number of nitrogens with zero attached hydrogens (tertiary/aromatic N) is 1. The molecule has 0 fully saturated rings. The second-order valence-electron chi connectivity index (χ2n) is 12.1. The van der Waals surface area contributed by atoms with Crippen molar-refractivity contribution in [2.24, 2.45) is 0 Å². The molecule has 9 aromatic rings. The third-order valence-corrected chi connectivity index (χ3v) is 10.8. The van der Waals surface area contributed by atoms with Crippen LogP contribution in [0.25, 0.3) is 81.0 Å². The summed E-state index contributed by atoms with van der Waals surface area (Å²) >= 11 is 1.97. The van der Waals surface area contributed by atoms with E-state index in [1.807, 2.05) is 11.3 Å². The lowest BCUT2D eigenvalue weighted by Gasteiger charge is -2.14. The van der Waals surface area contributed by atoms with E-state index in [9.17, 15) is 0 Å². The number of benzene rings is 7. The second kappa shape index (κ2) is 9.53. The summed E-state index contributed by atoms with van der Waals surface area (Å²) in [6.07, 6.45) is 1.02. The van der Waals surface area contributed by atoms with Gasteiger partial charge in [-0.3, -0.25) is 0 Å². The van der Waals surface area contributed by atoms with Gasteiger partial charge in [-0.1, -0.05) is 121 Å². The number of hydrogen-bond acceptors (Lipinski definition) is 1. The molecular weight excluding hydrogens is 563 g/mol. The lowest BCUT2D eigenvalue weighted by molar-refractivity contribution is 1.18. The number of fused-ring (bicyclic) bond motifs is 11. The summed E-state index contributed by atoms with van der Waals surface area (Å²) in [6.45, 7) is 0. The highest BCUT2D eigenvalue weighted by molar-refractivity contribution is 7.27. The van der Waals surface area contributed by atoms with Crippen LogP contribution in [0.1, 0.15) is 11.1 Å². The third-order valence-electron chi connectivity index (χ3n) is 9.59. The first-order chi connectivity index (χ1) is 22.3. The minimum atomic E-state index is 1.02. The van der Waals surface area contributed by atoms with Crippen molar-refractivity contribution in [3.05, 3.63) is 163 Å². The summed E-state index contributed by atoms with van der Waals surface area (Å²) in [5.74, 6) is 0. The summed E-state index contributed by atoms with van der Waals surface area (Å²) in [5.41, 5.74) is 14.2. The van der Waals surface area contributed by atoms with E-state index in [0.29, 0.717) is 0 Å². The smallest absolute Gasteiger partial charge is 0.0555 e. The summed E-state index contributed by atoms with van der Waals surface area (Å²) in [7, 11) is 0. The first kappa shape index (κ1) is 24.9. The molecule has 0 bridgehead atoms. The second-order valence-corrected chi connectivity index (χ2v) is 13.1. The van der Waals surface area contributed by atoms with Gasteiger partial charge in [0.15, 0.2) is 0 Å². The molecule has 45 heavy (non-hydrogen) atoms. The van der Waals surface area contributed by atoms with Gasteiger partial charge in [-0.25, -0.2) is 0 Å². The van der Waals surface area contributed by atoms with E-state index in [-0.39, 0.29) is 0 Å². The topological polar surface area (TPSA) is 4.93 Å². The average Bonchev–Trinajstić information content (AvgIpc) is 3.78. The van der Waals surface area contributed by atoms with Crippen LogP contribution in [0.3, 0.4) is 0 Å². The van der Waals surface area contributed by atoms with Crippen LogP contribution in [0.4, 0.5) is 0 Å². The van der Waals surface area contributed by atoms with Gasteiger partial charge in [0.05, 0.1) is 11.0 Å². The molecule has 0 aliphatic heterocycles. The highest BCUT2D eigenvalue weighted by atomic mass is 32.1. The van der Waals surface area contributed by atoms with Crippen LogP contribution in [0.15, 0.2) is 152 Å². The Morgan fingerprint density at radius 1 is 0.444 bits per heavy atom. The van der Waals surface area contributed by atoms with Gasteiger partial charge in [0.25, 0.3) is 0 Å². The maximum Gasteiger partial charge on any atom is 0.0555 e. The quantitative estimate of drug-likeness (QED) is 0.193. The van der Waals surface area contributed by atoms with E-state index in [1.54, 1.807) is 0 Å². The largest absolute Gasteiger partial charge is 0.309 e. The Kier molecular flexibility index (Phi) is 5.28. The molecular formula is C43H27NS. The summed E-state index contributed by atoms with van der Waals surface area (Å²) in [6, 6.07) is 55.8. The molecule has 2 aromatic heterocycles. The highest BCUT2D eigenvalue weighted by Gasteiger charge is 2.24. The molecule has 1 aliphatic carbocycles.